The van der Waals surface area contributed by atoms with Crippen molar-refractivity contribution in [3.05, 3.63) is 29.3 Å². The molecule has 7 heteroatoms. The number of imidazole rings is 1. The first-order valence-corrected chi connectivity index (χ1v) is 4.80. The Morgan fingerprint density at radius 3 is 3.12 bits per heavy atom. The van der Waals surface area contributed by atoms with E-state index in [1.165, 1.54) is 10.7 Å². The fourth-order valence-electron chi connectivity index (χ4n) is 1.63. The maximum absolute atomic E-state index is 10.9. The van der Waals surface area contributed by atoms with Crippen molar-refractivity contribution in [1.82, 2.24) is 19.6 Å². The van der Waals surface area contributed by atoms with Crippen LogP contribution >= 0.6 is 11.6 Å². The molecule has 2 N–H and O–H groups in total. The molecule has 3 aromatic rings. The molecule has 0 aliphatic rings. The molecule has 3 rings (SSSR count). The van der Waals surface area contributed by atoms with Crippen LogP contribution in [0.25, 0.3) is 16.6 Å². The van der Waals surface area contributed by atoms with Gasteiger partial charge in [0.05, 0.1) is 11.7 Å². The third kappa shape index (κ3) is 1.04. The topological polar surface area (TPSA) is 83.3 Å². The number of aromatic carboxylic acids is 1. The third-order valence-electron chi connectivity index (χ3n) is 2.34. The minimum absolute atomic E-state index is 0.0200. The number of nitrogens with zero attached hydrogens (tertiary/aromatic N) is 3. The van der Waals surface area contributed by atoms with Crippen molar-refractivity contribution in [3.8, 4) is 0 Å². The molecule has 3 aromatic heterocycles. The first kappa shape index (κ1) is 9.17. The van der Waals surface area contributed by atoms with E-state index in [1.807, 2.05) is 0 Å². The van der Waals surface area contributed by atoms with Crippen LogP contribution in [0.5, 0.6) is 0 Å². The maximum Gasteiger partial charge on any atom is 0.356 e. The number of H-pyrrole nitrogens is 1. The highest BCUT2D eigenvalue weighted by molar-refractivity contribution is 6.34. The summed E-state index contributed by atoms with van der Waals surface area (Å²) in [6.45, 7) is 0. The van der Waals surface area contributed by atoms with Crippen LogP contribution in [0, 0.1) is 0 Å². The van der Waals surface area contributed by atoms with E-state index in [1.54, 1.807) is 12.3 Å². The molecule has 0 aliphatic carbocycles. The van der Waals surface area contributed by atoms with Crippen molar-refractivity contribution in [2.24, 2.45) is 0 Å². The molecule has 16 heavy (non-hydrogen) atoms. The number of aromatic nitrogens is 4. The number of hydrogen-bond donors (Lipinski definition) is 2. The third-order valence-corrected chi connectivity index (χ3v) is 2.62. The largest absolute Gasteiger partial charge is 0.476 e. The Morgan fingerprint density at radius 1 is 1.56 bits per heavy atom. The van der Waals surface area contributed by atoms with Gasteiger partial charge in [0.2, 0.25) is 0 Å². The first-order valence-electron chi connectivity index (χ1n) is 4.42. The van der Waals surface area contributed by atoms with Gasteiger partial charge in [-0.1, -0.05) is 11.6 Å². The number of fused-ring (bicyclic) bond motifs is 3. The molecule has 0 atom stereocenters. The summed E-state index contributed by atoms with van der Waals surface area (Å²) in [5, 5.41) is 13.9. The number of aromatic amines is 1. The van der Waals surface area contributed by atoms with Crippen LogP contribution in [0.3, 0.4) is 0 Å². The summed E-state index contributed by atoms with van der Waals surface area (Å²) in [6.07, 6.45) is 2.95. The van der Waals surface area contributed by atoms with Crippen molar-refractivity contribution >= 4 is 34.1 Å². The van der Waals surface area contributed by atoms with Gasteiger partial charge in [-0.15, -0.1) is 0 Å². The molecule has 0 amide bonds. The van der Waals surface area contributed by atoms with E-state index in [0.717, 1.165) is 5.39 Å². The van der Waals surface area contributed by atoms with Crippen LogP contribution in [0.2, 0.25) is 5.15 Å². The average Bonchev–Trinajstić information content (AvgIpc) is 2.80. The Morgan fingerprint density at radius 2 is 2.38 bits per heavy atom. The maximum atomic E-state index is 10.9. The second-order valence-corrected chi connectivity index (χ2v) is 3.60. The molecular weight excluding hydrogens is 232 g/mol. The van der Waals surface area contributed by atoms with E-state index in [4.69, 9.17) is 16.7 Å². The Balaban J connectivity index is 2.55. The molecule has 0 unspecified atom stereocenters. The Bertz CT molecular complexity index is 715. The van der Waals surface area contributed by atoms with Gasteiger partial charge in [-0.3, -0.25) is 0 Å². The molecule has 3 heterocycles. The molecule has 0 aliphatic heterocycles. The number of carboxylic acids is 1. The molecule has 0 saturated heterocycles. The van der Waals surface area contributed by atoms with Crippen LogP contribution in [-0.2, 0) is 0 Å². The van der Waals surface area contributed by atoms with Gasteiger partial charge in [-0.25, -0.2) is 14.3 Å². The van der Waals surface area contributed by atoms with Gasteiger partial charge >= 0.3 is 5.97 Å². The lowest BCUT2D eigenvalue weighted by Gasteiger charge is -1.98. The lowest BCUT2D eigenvalue weighted by molar-refractivity contribution is 0.0688. The predicted molar refractivity (Wildman–Crippen MR) is 56.8 cm³/mol. The fraction of sp³-hybridized carbons (Fsp3) is 0. The summed E-state index contributed by atoms with van der Waals surface area (Å²) >= 11 is 5.94. The van der Waals surface area contributed by atoms with Crippen LogP contribution < -0.4 is 0 Å². The normalized spacial score (nSPS) is 11.3. The van der Waals surface area contributed by atoms with Crippen LogP contribution in [0.15, 0.2) is 18.5 Å². The molecule has 6 nitrogen and oxygen atoms in total. The van der Waals surface area contributed by atoms with Crippen LogP contribution in [0.1, 0.15) is 10.5 Å². The van der Waals surface area contributed by atoms with Crippen molar-refractivity contribution in [2.75, 3.05) is 0 Å². The van der Waals surface area contributed by atoms with E-state index >= 15 is 0 Å². The predicted octanol–water partition coefficient (Wildman–Crippen LogP) is 1.56. The highest BCUT2D eigenvalue weighted by atomic mass is 35.5. The van der Waals surface area contributed by atoms with Gasteiger partial charge in [0.1, 0.15) is 0 Å². The van der Waals surface area contributed by atoms with E-state index in [2.05, 4.69) is 15.1 Å². The van der Waals surface area contributed by atoms with Gasteiger partial charge in [-0.05, 0) is 6.07 Å². The summed E-state index contributed by atoms with van der Waals surface area (Å²) in [4.78, 5) is 17.9. The fourth-order valence-corrected chi connectivity index (χ4v) is 1.86. The second-order valence-electron chi connectivity index (χ2n) is 3.24. The van der Waals surface area contributed by atoms with Gasteiger partial charge < -0.3 is 10.1 Å². The summed E-state index contributed by atoms with van der Waals surface area (Å²) in [5.41, 5.74) is 1.10. The molecule has 0 bridgehead atoms. The van der Waals surface area contributed by atoms with Gasteiger partial charge in [-0.2, -0.15) is 5.10 Å². The molecule has 0 radical (unpaired) electrons. The highest BCUT2D eigenvalue weighted by Crippen LogP contribution is 2.23. The van der Waals surface area contributed by atoms with Gasteiger partial charge in [0, 0.05) is 11.6 Å². The molecular formula is C9H5ClN4O2. The lowest BCUT2D eigenvalue weighted by atomic mass is 10.3. The van der Waals surface area contributed by atoms with E-state index < -0.39 is 5.97 Å². The van der Waals surface area contributed by atoms with E-state index in [0.29, 0.717) is 11.2 Å². The smallest absolute Gasteiger partial charge is 0.356 e. The van der Waals surface area contributed by atoms with E-state index in [9.17, 15) is 4.79 Å². The SMILES string of the molecule is O=C(O)c1cnc2c3[nH]ccc3c(Cl)nn12. The zero-order valence-electron chi connectivity index (χ0n) is 7.81. The highest BCUT2D eigenvalue weighted by Gasteiger charge is 2.16. The molecule has 0 saturated carbocycles. The summed E-state index contributed by atoms with van der Waals surface area (Å²) in [5.74, 6) is -1.10. The van der Waals surface area contributed by atoms with Gasteiger partial charge in [0.25, 0.3) is 0 Å². The standard InChI is InChI=1S/C9H5ClN4O2/c10-7-4-1-2-11-6(4)8-12-3-5(9(15)16)14(8)13-7/h1-3,11H,(H,15,16). The zero-order chi connectivity index (χ0) is 11.3. The number of halogens is 1. The van der Waals surface area contributed by atoms with Crippen molar-refractivity contribution in [3.63, 3.8) is 0 Å². The number of carbonyl (C=O) groups is 1. The summed E-state index contributed by atoms with van der Waals surface area (Å²) in [7, 11) is 0. The monoisotopic (exact) mass is 236 g/mol. The average molecular weight is 237 g/mol. The lowest BCUT2D eigenvalue weighted by Crippen LogP contribution is -2.04. The number of hydrogen-bond acceptors (Lipinski definition) is 3. The van der Waals surface area contributed by atoms with Gasteiger partial charge in [0.15, 0.2) is 16.5 Å². The molecule has 80 valence electrons. The number of carboxylic acid groups (broad SMARTS) is 1. The van der Waals surface area contributed by atoms with Crippen molar-refractivity contribution in [2.45, 2.75) is 0 Å². The summed E-state index contributed by atoms with van der Waals surface area (Å²) < 4.78 is 1.21. The number of rotatable bonds is 1. The minimum Gasteiger partial charge on any atom is -0.476 e. The summed E-state index contributed by atoms with van der Waals surface area (Å²) in [6, 6.07) is 1.76. The van der Waals surface area contributed by atoms with Crippen molar-refractivity contribution < 1.29 is 9.90 Å². The van der Waals surface area contributed by atoms with E-state index in [-0.39, 0.29) is 10.8 Å². The zero-order valence-corrected chi connectivity index (χ0v) is 8.56. The van der Waals surface area contributed by atoms with Crippen LogP contribution in [-0.4, -0.2) is 30.7 Å². The Kier molecular flexibility index (Phi) is 1.69. The Labute approximate surface area is 93.5 Å². The molecule has 0 aromatic carbocycles. The molecule has 0 fully saturated rings. The van der Waals surface area contributed by atoms with Crippen LogP contribution in [0.4, 0.5) is 0 Å². The molecule has 0 spiro atoms. The first-order chi connectivity index (χ1) is 7.68. The second kappa shape index (κ2) is 2.96. The quantitative estimate of drug-likeness (QED) is 0.672. The Hall–Kier alpha value is -2.08. The van der Waals surface area contributed by atoms with Crippen molar-refractivity contribution in [1.29, 1.82) is 0 Å². The minimum atomic E-state index is -1.10. The number of nitrogens with one attached hydrogen (secondary N) is 1.